The monoisotopic (exact) mass is 583 g/mol. The molecule has 0 amide bonds. The molecule has 0 aliphatic carbocycles. The van der Waals surface area contributed by atoms with Crippen molar-refractivity contribution in [2.45, 2.75) is 38.9 Å². The Morgan fingerprint density at radius 3 is 1.73 bits per heavy atom. The maximum atomic E-state index is 6.58. The van der Waals surface area contributed by atoms with Crippen molar-refractivity contribution >= 4 is 45.0 Å². The van der Waals surface area contributed by atoms with Crippen LogP contribution in [0.25, 0.3) is 66.0 Å². The van der Waals surface area contributed by atoms with Crippen LogP contribution < -0.4 is 5.46 Å². The summed E-state index contributed by atoms with van der Waals surface area (Å²) in [5, 5.41) is 5.93. The van der Waals surface area contributed by atoms with Crippen LogP contribution in [-0.4, -0.2) is 23.3 Å². The molecule has 2 heterocycles. The van der Waals surface area contributed by atoms with Crippen molar-refractivity contribution < 1.29 is 9.31 Å². The van der Waals surface area contributed by atoms with E-state index in [4.69, 9.17) is 14.3 Å². The van der Waals surface area contributed by atoms with E-state index in [0.717, 1.165) is 55.3 Å². The molecule has 1 fully saturated rings. The third-order valence-corrected chi connectivity index (χ3v) is 9.65. The van der Waals surface area contributed by atoms with Crippen molar-refractivity contribution in [3.8, 4) is 33.5 Å². The highest BCUT2D eigenvalue weighted by molar-refractivity contribution is 6.62. The first-order valence-electron chi connectivity index (χ1n) is 15.7. The molecular formula is C41H34BNO2. The van der Waals surface area contributed by atoms with Gasteiger partial charge in [0.25, 0.3) is 0 Å². The Balaban J connectivity index is 1.45. The van der Waals surface area contributed by atoms with Gasteiger partial charge in [0, 0.05) is 21.7 Å². The number of rotatable bonds is 4. The summed E-state index contributed by atoms with van der Waals surface area (Å²) < 4.78 is 13.2. The molecule has 0 N–H and O–H groups in total. The largest absolute Gasteiger partial charge is 0.494 e. The fourth-order valence-electron chi connectivity index (χ4n) is 6.59. The zero-order valence-electron chi connectivity index (χ0n) is 26.0. The van der Waals surface area contributed by atoms with E-state index in [-0.39, 0.29) is 0 Å². The smallest absolute Gasteiger partial charge is 0.399 e. The summed E-state index contributed by atoms with van der Waals surface area (Å²) in [6, 6.07) is 47.4. The van der Waals surface area contributed by atoms with Gasteiger partial charge >= 0.3 is 7.12 Å². The number of hydrogen-bond acceptors (Lipinski definition) is 3. The summed E-state index contributed by atoms with van der Waals surface area (Å²) in [7, 11) is -0.477. The molecule has 4 heteroatoms. The van der Waals surface area contributed by atoms with Crippen molar-refractivity contribution in [3.63, 3.8) is 0 Å². The first-order chi connectivity index (χ1) is 21.8. The summed E-state index contributed by atoms with van der Waals surface area (Å²) in [4.78, 5) is 5.25. The minimum Gasteiger partial charge on any atom is -0.399 e. The Morgan fingerprint density at radius 2 is 1.04 bits per heavy atom. The molecule has 1 aliphatic heterocycles. The van der Waals surface area contributed by atoms with Crippen LogP contribution >= 0.6 is 0 Å². The molecule has 6 aromatic carbocycles. The molecule has 0 atom stereocenters. The van der Waals surface area contributed by atoms with Gasteiger partial charge < -0.3 is 9.31 Å². The van der Waals surface area contributed by atoms with E-state index in [1.807, 2.05) is 0 Å². The van der Waals surface area contributed by atoms with Gasteiger partial charge in [0.1, 0.15) is 0 Å². The van der Waals surface area contributed by atoms with Crippen molar-refractivity contribution in [1.82, 2.24) is 4.98 Å². The molecule has 0 saturated carbocycles. The van der Waals surface area contributed by atoms with Gasteiger partial charge in [-0.25, -0.2) is 4.98 Å². The lowest BCUT2D eigenvalue weighted by atomic mass is 9.76. The van der Waals surface area contributed by atoms with Crippen LogP contribution in [0.1, 0.15) is 27.7 Å². The van der Waals surface area contributed by atoms with Crippen LogP contribution in [0.5, 0.6) is 0 Å². The maximum Gasteiger partial charge on any atom is 0.494 e. The quantitative estimate of drug-likeness (QED) is 0.153. The molecule has 0 unspecified atom stereocenters. The fraction of sp³-hybridized carbons (Fsp3) is 0.146. The molecule has 218 valence electrons. The normalized spacial score (nSPS) is 15.7. The van der Waals surface area contributed by atoms with Gasteiger partial charge in [-0.1, -0.05) is 115 Å². The molecule has 0 radical (unpaired) electrons. The molecule has 0 bridgehead atoms. The van der Waals surface area contributed by atoms with E-state index in [1.165, 1.54) is 16.2 Å². The summed E-state index contributed by atoms with van der Waals surface area (Å²) in [5.74, 6) is 0. The van der Waals surface area contributed by atoms with E-state index in [9.17, 15) is 0 Å². The lowest BCUT2D eigenvalue weighted by Crippen LogP contribution is -2.41. The molecular weight excluding hydrogens is 549 g/mol. The second-order valence-corrected chi connectivity index (χ2v) is 13.0. The van der Waals surface area contributed by atoms with Gasteiger partial charge in [-0.2, -0.15) is 0 Å². The lowest BCUT2D eigenvalue weighted by Gasteiger charge is -2.32. The van der Waals surface area contributed by atoms with Gasteiger partial charge in [0.2, 0.25) is 0 Å². The third kappa shape index (κ3) is 4.64. The van der Waals surface area contributed by atoms with Crippen LogP contribution in [0.15, 0.2) is 133 Å². The van der Waals surface area contributed by atoms with E-state index in [2.05, 4.69) is 161 Å². The van der Waals surface area contributed by atoms with E-state index in [1.54, 1.807) is 0 Å². The molecule has 8 rings (SSSR count). The second kappa shape index (κ2) is 10.4. The summed E-state index contributed by atoms with van der Waals surface area (Å²) in [6.07, 6.45) is 0. The van der Waals surface area contributed by atoms with Crippen molar-refractivity contribution in [3.05, 3.63) is 133 Å². The van der Waals surface area contributed by atoms with Crippen molar-refractivity contribution in [1.29, 1.82) is 0 Å². The van der Waals surface area contributed by atoms with E-state index >= 15 is 0 Å². The van der Waals surface area contributed by atoms with Crippen LogP contribution in [0.3, 0.4) is 0 Å². The van der Waals surface area contributed by atoms with Gasteiger partial charge in [0.15, 0.2) is 0 Å². The predicted molar refractivity (Wildman–Crippen MR) is 189 cm³/mol. The van der Waals surface area contributed by atoms with Crippen LogP contribution in [0.2, 0.25) is 0 Å². The fourth-order valence-corrected chi connectivity index (χ4v) is 6.59. The number of hydrogen-bond donors (Lipinski definition) is 0. The number of para-hydroxylation sites is 1. The minimum absolute atomic E-state index is 0.437. The summed E-state index contributed by atoms with van der Waals surface area (Å²) in [6.45, 7) is 8.42. The zero-order chi connectivity index (χ0) is 30.8. The summed E-state index contributed by atoms with van der Waals surface area (Å²) in [5.41, 5.74) is 7.77. The van der Waals surface area contributed by atoms with Gasteiger partial charge in [0.05, 0.1) is 22.4 Å². The Kier molecular flexibility index (Phi) is 6.42. The standard InChI is InChI=1S/C41H34BNO2/c1-40(2)41(3,4)45-42(44-40)31-24-29(27-15-7-5-8-16-27)23-30(25-31)35-26-36-38(33-20-12-11-19-32(33)35)34-21-13-14-22-37(34)43-39(36)28-17-9-6-10-18-28/h5-26H,1-4H3. The average Bonchev–Trinajstić information content (AvgIpc) is 3.30. The van der Waals surface area contributed by atoms with Crippen LogP contribution in [-0.2, 0) is 9.31 Å². The molecule has 1 aliphatic rings. The van der Waals surface area contributed by atoms with Crippen molar-refractivity contribution in [2.24, 2.45) is 0 Å². The Bertz CT molecular complexity index is 2210. The Hall–Kier alpha value is -4.77. The molecule has 1 saturated heterocycles. The van der Waals surface area contributed by atoms with Gasteiger partial charge in [-0.3, -0.25) is 0 Å². The van der Waals surface area contributed by atoms with Crippen LogP contribution in [0, 0.1) is 0 Å². The van der Waals surface area contributed by atoms with Crippen LogP contribution in [0.4, 0.5) is 0 Å². The Labute approximate surface area is 264 Å². The third-order valence-electron chi connectivity index (χ3n) is 9.65. The van der Waals surface area contributed by atoms with Crippen molar-refractivity contribution in [2.75, 3.05) is 0 Å². The lowest BCUT2D eigenvalue weighted by molar-refractivity contribution is 0.00578. The number of aromatic nitrogens is 1. The SMILES string of the molecule is CC1(C)OB(c2cc(-c3ccccc3)cc(-c3cc4c(-c5ccccc5)nc5ccccc5c4c4ccccc34)c2)OC1(C)C. The molecule has 3 nitrogen and oxygen atoms in total. The second-order valence-electron chi connectivity index (χ2n) is 13.0. The topological polar surface area (TPSA) is 31.4 Å². The Morgan fingerprint density at radius 1 is 0.489 bits per heavy atom. The number of fused-ring (bicyclic) bond motifs is 5. The molecule has 45 heavy (non-hydrogen) atoms. The first kappa shape index (κ1) is 27.8. The highest BCUT2D eigenvalue weighted by Gasteiger charge is 2.51. The van der Waals surface area contributed by atoms with Gasteiger partial charge in [-0.15, -0.1) is 0 Å². The number of benzene rings is 6. The van der Waals surface area contributed by atoms with E-state index < -0.39 is 18.3 Å². The highest BCUT2D eigenvalue weighted by atomic mass is 16.7. The summed E-state index contributed by atoms with van der Waals surface area (Å²) >= 11 is 0. The number of pyridine rings is 1. The van der Waals surface area contributed by atoms with Gasteiger partial charge in [-0.05, 0) is 84.4 Å². The first-order valence-corrected chi connectivity index (χ1v) is 15.7. The maximum absolute atomic E-state index is 6.58. The number of nitrogens with zero attached hydrogens (tertiary/aromatic N) is 1. The molecule has 7 aromatic rings. The molecule has 1 aromatic heterocycles. The highest BCUT2D eigenvalue weighted by Crippen LogP contribution is 2.43. The molecule has 0 spiro atoms. The average molecular weight is 584 g/mol. The predicted octanol–water partition coefficient (Wildman–Crippen LogP) is 9.84. The minimum atomic E-state index is -0.477. The van der Waals surface area contributed by atoms with E-state index in [0.29, 0.717) is 0 Å². The zero-order valence-corrected chi connectivity index (χ0v) is 26.0.